The second-order valence-electron chi connectivity index (χ2n) is 7.38. The molecule has 0 aliphatic rings. The van der Waals surface area contributed by atoms with Gasteiger partial charge in [0.25, 0.3) is 10.0 Å². The Hall–Kier alpha value is -4.06. The summed E-state index contributed by atoms with van der Waals surface area (Å²) in [5, 5.41) is 0.546. The molecule has 0 amide bonds. The number of pyridine rings is 1. The van der Waals surface area contributed by atoms with Crippen LogP contribution in [0.1, 0.15) is 5.56 Å². The first-order valence-corrected chi connectivity index (χ1v) is 11.7. The number of benzene rings is 3. The standard InChI is InChI=1S/C24H18F4N2O5S/c1-33-21-9-7-17-20(10-11-29-22(17)23(21)34-2)35-15-6-8-19(18(25)13-15)30-36(31,32)16-5-3-4-14(12-16)24(26,27)28/h3-13,30H,1-2H3. The van der Waals surface area contributed by atoms with Crippen LogP contribution in [0.5, 0.6) is 23.0 Å². The van der Waals surface area contributed by atoms with E-state index in [1.807, 2.05) is 4.72 Å². The Labute approximate surface area is 203 Å². The molecule has 3 aromatic carbocycles. The lowest BCUT2D eigenvalue weighted by molar-refractivity contribution is -0.137. The zero-order valence-corrected chi connectivity index (χ0v) is 19.6. The first-order chi connectivity index (χ1) is 17.0. The van der Waals surface area contributed by atoms with Crippen LogP contribution in [0.25, 0.3) is 10.9 Å². The maximum Gasteiger partial charge on any atom is 0.416 e. The van der Waals surface area contributed by atoms with E-state index in [0.29, 0.717) is 34.2 Å². The fourth-order valence-electron chi connectivity index (χ4n) is 3.41. The number of hydrogen-bond acceptors (Lipinski definition) is 6. The van der Waals surface area contributed by atoms with Crippen LogP contribution in [-0.4, -0.2) is 27.6 Å². The SMILES string of the molecule is COc1ccc2c(Oc3ccc(NS(=O)(=O)c4cccc(C(F)(F)F)c4)c(F)c3)ccnc2c1OC. The molecule has 1 heterocycles. The van der Waals surface area contributed by atoms with Crippen molar-refractivity contribution in [1.82, 2.24) is 4.98 Å². The van der Waals surface area contributed by atoms with Gasteiger partial charge in [0.1, 0.15) is 17.0 Å². The van der Waals surface area contributed by atoms with Gasteiger partial charge in [-0.25, -0.2) is 12.8 Å². The smallest absolute Gasteiger partial charge is 0.416 e. The summed E-state index contributed by atoms with van der Waals surface area (Å²) in [5.41, 5.74) is -1.17. The summed E-state index contributed by atoms with van der Waals surface area (Å²) >= 11 is 0. The van der Waals surface area contributed by atoms with Gasteiger partial charge in [-0.15, -0.1) is 0 Å². The molecule has 36 heavy (non-hydrogen) atoms. The topological polar surface area (TPSA) is 86.8 Å². The van der Waals surface area contributed by atoms with Gasteiger partial charge < -0.3 is 14.2 Å². The van der Waals surface area contributed by atoms with E-state index in [-0.39, 0.29) is 5.75 Å². The lowest BCUT2D eigenvalue weighted by Crippen LogP contribution is -2.15. The highest BCUT2D eigenvalue weighted by Gasteiger charge is 2.31. The molecule has 0 bridgehead atoms. The minimum absolute atomic E-state index is 0.0387. The van der Waals surface area contributed by atoms with Crippen molar-refractivity contribution in [2.45, 2.75) is 11.1 Å². The number of nitrogens with zero attached hydrogens (tertiary/aromatic N) is 1. The summed E-state index contributed by atoms with van der Waals surface area (Å²) < 4.78 is 97.1. The molecule has 0 atom stereocenters. The third-order valence-electron chi connectivity index (χ3n) is 5.10. The van der Waals surface area contributed by atoms with E-state index in [1.165, 1.54) is 26.5 Å². The Morgan fingerprint density at radius 3 is 2.36 bits per heavy atom. The number of methoxy groups -OCH3 is 2. The van der Waals surface area contributed by atoms with Crippen LogP contribution in [0, 0.1) is 5.82 Å². The molecule has 0 spiro atoms. The number of sulfonamides is 1. The molecule has 188 valence electrons. The van der Waals surface area contributed by atoms with E-state index < -0.39 is 38.2 Å². The van der Waals surface area contributed by atoms with E-state index in [4.69, 9.17) is 14.2 Å². The molecule has 0 aliphatic carbocycles. The van der Waals surface area contributed by atoms with Crippen molar-refractivity contribution in [3.63, 3.8) is 0 Å². The normalized spacial score (nSPS) is 11.8. The van der Waals surface area contributed by atoms with Gasteiger partial charge >= 0.3 is 6.18 Å². The summed E-state index contributed by atoms with van der Waals surface area (Å²) in [6.45, 7) is 0. The number of hydrogen-bond donors (Lipinski definition) is 1. The van der Waals surface area contributed by atoms with Crippen molar-refractivity contribution < 1.29 is 40.2 Å². The van der Waals surface area contributed by atoms with Crippen molar-refractivity contribution in [3.8, 4) is 23.0 Å². The van der Waals surface area contributed by atoms with Gasteiger partial charge in [-0.2, -0.15) is 13.2 Å². The summed E-state index contributed by atoms with van der Waals surface area (Å²) in [6, 6.07) is 11.4. The fourth-order valence-corrected chi connectivity index (χ4v) is 4.52. The Morgan fingerprint density at radius 2 is 1.69 bits per heavy atom. The minimum Gasteiger partial charge on any atom is -0.493 e. The molecule has 0 aliphatic heterocycles. The molecule has 0 fully saturated rings. The fraction of sp³-hybridized carbons (Fsp3) is 0.125. The molecule has 1 aromatic heterocycles. The molecule has 1 N–H and O–H groups in total. The average Bonchev–Trinajstić information content (AvgIpc) is 2.84. The first-order valence-electron chi connectivity index (χ1n) is 10.2. The van der Waals surface area contributed by atoms with Crippen molar-refractivity contribution in [2.24, 2.45) is 0 Å². The van der Waals surface area contributed by atoms with E-state index in [1.54, 1.807) is 18.2 Å². The quantitative estimate of drug-likeness (QED) is 0.300. The van der Waals surface area contributed by atoms with Crippen LogP contribution < -0.4 is 18.9 Å². The van der Waals surface area contributed by atoms with Crippen molar-refractivity contribution in [1.29, 1.82) is 0 Å². The Bertz CT molecular complexity index is 1540. The highest BCUT2D eigenvalue weighted by Crippen LogP contribution is 2.39. The van der Waals surface area contributed by atoms with E-state index >= 15 is 0 Å². The molecular formula is C24H18F4N2O5S. The summed E-state index contributed by atoms with van der Waals surface area (Å²) in [5.74, 6) is 0.194. The highest BCUT2D eigenvalue weighted by atomic mass is 32.2. The van der Waals surface area contributed by atoms with Gasteiger partial charge in [-0.05, 0) is 48.5 Å². The second kappa shape index (κ2) is 9.53. The lowest BCUT2D eigenvalue weighted by atomic mass is 10.1. The second-order valence-corrected chi connectivity index (χ2v) is 9.06. The first kappa shape index (κ1) is 25.0. The predicted octanol–water partition coefficient (Wildman–Crippen LogP) is 6.00. The van der Waals surface area contributed by atoms with Gasteiger partial charge in [0.2, 0.25) is 0 Å². The van der Waals surface area contributed by atoms with Gasteiger partial charge in [0.05, 0.1) is 30.4 Å². The zero-order valence-electron chi connectivity index (χ0n) is 18.8. The number of nitrogens with one attached hydrogen (secondary N) is 1. The number of ether oxygens (including phenoxy) is 3. The predicted molar refractivity (Wildman–Crippen MR) is 124 cm³/mol. The maximum absolute atomic E-state index is 14.8. The number of alkyl halides is 3. The zero-order chi connectivity index (χ0) is 26.1. The summed E-state index contributed by atoms with van der Waals surface area (Å²) in [7, 11) is -1.56. The van der Waals surface area contributed by atoms with Gasteiger partial charge in [0, 0.05) is 17.6 Å². The Balaban J connectivity index is 1.61. The molecule has 0 saturated carbocycles. The van der Waals surface area contributed by atoms with Crippen LogP contribution in [-0.2, 0) is 16.2 Å². The molecule has 4 aromatic rings. The van der Waals surface area contributed by atoms with Gasteiger partial charge in [-0.1, -0.05) is 6.07 Å². The largest absolute Gasteiger partial charge is 0.493 e. The number of halogens is 4. The van der Waals surface area contributed by atoms with E-state index in [2.05, 4.69) is 4.98 Å². The van der Waals surface area contributed by atoms with Crippen LogP contribution in [0.2, 0.25) is 0 Å². The number of fused-ring (bicyclic) bond motifs is 1. The monoisotopic (exact) mass is 522 g/mol. The number of rotatable bonds is 7. The van der Waals surface area contributed by atoms with Crippen LogP contribution >= 0.6 is 0 Å². The van der Waals surface area contributed by atoms with E-state index in [9.17, 15) is 26.0 Å². The van der Waals surface area contributed by atoms with Crippen molar-refractivity contribution >= 4 is 26.6 Å². The number of anilines is 1. The number of aromatic nitrogens is 1. The molecular weight excluding hydrogens is 504 g/mol. The molecule has 0 radical (unpaired) electrons. The van der Waals surface area contributed by atoms with Gasteiger partial charge in [0.15, 0.2) is 17.3 Å². The molecule has 7 nitrogen and oxygen atoms in total. The molecule has 4 rings (SSSR count). The third kappa shape index (κ3) is 4.98. The van der Waals surface area contributed by atoms with Crippen LogP contribution in [0.15, 0.2) is 71.8 Å². The Morgan fingerprint density at radius 1 is 0.917 bits per heavy atom. The molecule has 12 heteroatoms. The van der Waals surface area contributed by atoms with E-state index in [0.717, 1.165) is 30.3 Å². The summed E-state index contributed by atoms with van der Waals surface area (Å²) in [4.78, 5) is 3.62. The molecule has 0 unspecified atom stereocenters. The average molecular weight is 522 g/mol. The van der Waals surface area contributed by atoms with Crippen molar-refractivity contribution in [2.75, 3.05) is 18.9 Å². The van der Waals surface area contributed by atoms with Crippen LogP contribution in [0.3, 0.4) is 0 Å². The van der Waals surface area contributed by atoms with Crippen molar-refractivity contribution in [3.05, 3.63) is 78.2 Å². The molecule has 0 saturated heterocycles. The minimum atomic E-state index is -4.73. The van der Waals surface area contributed by atoms with Crippen LogP contribution in [0.4, 0.5) is 23.2 Å². The Kier molecular flexibility index (Phi) is 6.63. The lowest BCUT2D eigenvalue weighted by Gasteiger charge is -2.14. The van der Waals surface area contributed by atoms with Gasteiger partial charge in [-0.3, -0.25) is 9.71 Å². The third-order valence-corrected chi connectivity index (χ3v) is 6.46. The maximum atomic E-state index is 14.8. The highest BCUT2D eigenvalue weighted by molar-refractivity contribution is 7.92. The summed E-state index contributed by atoms with van der Waals surface area (Å²) in [6.07, 6.45) is -3.27.